The van der Waals surface area contributed by atoms with Crippen LogP contribution in [0, 0.1) is 4.77 Å². The van der Waals surface area contributed by atoms with Gasteiger partial charge < -0.3 is 0 Å². The van der Waals surface area contributed by atoms with E-state index in [1.165, 1.54) is 0 Å². The summed E-state index contributed by atoms with van der Waals surface area (Å²) in [5.41, 5.74) is 1.87. The van der Waals surface area contributed by atoms with E-state index in [4.69, 9.17) is 12.2 Å². The lowest BCUT2D eigenvalue weighted by Gasteiger charge is -2.00. The van der Waals surface area contributed by atoms with Crippen LogP contribution in [0.5, 0.6) is 0 Å². The zero-order chi connectivity index (χ0) is 11.8. The molecule has 17 heavy (non-hydrogen) atoms. The number of hydrogen-bond donors (Lipinski definition) is 1. The molecule has 0 saturated carbocycles. The molecule has 0 radical (unpaired) electrons. The first-order chi connectivity index (χ1) is 8.27. The minimum Gasteiger partial charge on any atom is -0.265 e. The summed E-state index contributed by atoms with van der Waals surface area (Å²) in [5.74, 6) is 0.802. The molecule has 0 bridgehead atoms. The van der Waals surface area contributed by atoms with Gasteiger partial charge in [-0.25, -0.2) is 4.98 Å². The Morgan fingerprint density at radius 2 is 2.00 bits per heavy atom. The summed E-state index contributed by atoms with van der Waals surface area (Å²) in [4.78, 5) is 4.47. The van der Waals surface area contributed by atoms with Crippen LogP contribution in [-0.4, -0.2) is 19.6 Å². The van der Waals surface area contributed by atoms with Crippen molar-refractivity contribution < 1.29 is 0 Å². The van der Waals surface area contributed by atoms with Gasteiger partial charge in [0, 0.05) is 5.56 Å². The van der Waals surface area contributed by atoms with Crippen molar-refractivity contribution in [1.29, 1.82) is 0 Å². The van der Waals surface area contributed by atoms with E-state index in [2.05, 4.69) is 31.1 Å². The minimum absolute atomic E-state index is 0.527. The molecule has 84 valence electrons. The fourth-order valence-corrected chi connectivity index (χ4v) is 2.39. The largest absolute Gasteiger partial charge is 0.265 e. The molecule has 2 aromatic heterocycles. The Morgan fingerprint density at radius 1 is 1.24 bits per heavy atom. The molecule has 0 saturated heterocycles. The number of benzene rings is 1. The molecule has 6 heteroatoms. The number of hydrogen-bond acceptors (Lipinski definition) is 3. The zero-order valence-corrected chi connectivity index (χ0v) is 11.0. The molecule has 0 fully saturated rings. The molecule has 0 aliphatic heterocycles. The summed E-state index contributed by atoms with van der Waals surface area (Å²) in [6, 6.07) is 9.90. The van der Waals surface area contributed by atoms with E-state index in [0.717, 1.165) is 21.5 Å². The van der Waals surface area contributed by atoms with Crippen LogP contribution in [0.4, 0.5) is 0 Å². The Labute approximate surface area is 110 Å². The lowest BCUT2D eigenvalue weighted by molar-refractivity contribution is 0.926. The van der Waals surface area contributed by atoms with Crippen molar-refractivity contribution in [2.24, 2.45) is 0 Å². The number of imidazole rings is 1. The third-order valence-electron chi connectivity index (χ3n) is 2.45. The van der Waals surface area contributed by atoms with Crippen molar-refractivity contribution in [1.82, 2.24) is 19.6 Å². The lowest BCUT2D eigenvalue weighted by atomic mass is 10.2. The van der Waals surface area contributed by atoms with Crippen LogP contribution < -0.4 is 0 Å². The molecule has 2 heterocycles. The standard InChI is InChI=1S/C11H7BrN4S/c12-9-8-6-13-15-11(17)16(8)10(14-9)7-4-2-1-3-5-7/h1-6H,(H,15,17). The zero-order valence-electron chi connectivity index (χ0n) is 8.59. The van der Waals surface area contributed by atoms with Gasteiger partial charge in [0.15, 0.2) is 4.77 Å². The molecular formula is C11H7BrN4S. The SMILES string of the molecule is S=c1[nH]ncc2c(Br)nc(-c3ccccc3)n12. The Morgan fingerprint density at radius 3 is 2.76 bits per heavy atom. The van der Waals surface area contributed by atoms with Gasteiger partial charge in [-0.05, 0) is 28.1 Å². The van der Waals surface area contributed by atoms with Crippen LogP contribution in [0.3, 0.4) is 0 Å². The van der Waals surface area contributed by atoms with Crippen molar-refractivity contribution in [3.8, 4) is 11.4 Å². The van der Waals surface area contributed by atoms with Gasteiger partial charge in [0.05, 0.1) is 6.20 Å². The van der Waals surface area contributed by atoms with Crippen molar-refractivity contribution in [2.75, 3.05) is 0 Å². The quantitative estimate of drug-likeness (QED) is 0.702. The number of rotatable bonds is 1. The first kappa shape index (κ1) is 10.6. The highest BCUT2D eigenvalue weighted by Gasteiger charge is 2.11. The van der Waals surface area contributed by atoms with E-state index in [9.17, 15) is 0 Å². The number of nitrogens with one attached hydrogen (secondary N) is 1. The second-order valence-corrected chi connectivity index (χ2v) is 4.63. The summed E-state index contributed by atoms with van der Waals surface area (Å²) in [6.45, 7) is 0. The van der Waals surface area contributed by atoms with E-state index in [0.29, 0.717) is 4.77 Å². The Bertz CT molecular complexity index is 732. The highest BCUT2D eigenvalue weighted by Crippen LogP contribution is 2.25. The molecule has 3 rings (SSSR count). The van der Waals surface area contributed by atoms with Gasteiger partial charge in [0.2, 0.25) is 0 Å². The van der Waals surface area contributed by atoms with Crippen LogP contribution in [0.25, 0.3) is 16.9 Å². The van der Waals surface area contributed by atoms with Crippen molar-refractivity contribution >= 4 is 33.7 Å². The summed E-state index contributed by atoms with van der Waals surface area (Å²) >= 11 is 8.66. The van der Waals surface area contributed by atoms with Crippen LogP contribution >= 0.6 is 28.1 Å². The lowest BCUT2D eigenvalue weighted by Crippen LogP contribution is -1.95. The Hall–Kier alpha value is -1.53. The van der Waals surface area contributed by atoms with E-state index in [1.807, 2.05) is 34.7 Å². The normalized spacial score (nSPS) is 10.9. The van der Waals surface area contributed by atoms with Gasteiger partial charge in [0.25, 0.3) is 0 Å². The van der Waals surface area contributed by atoms with Gasteiger partial charge in [-0.15, -0.1) is 0 Å². The molecule has 0 atom stereocenters. The number of fused-ring (bicyclic) bond motifs is 1. The molecule has 3 aromatic rings. The second-order valence-electron chi connectivity index (χ2n) is 3.49. The van der Waals surface area contributed by atoms with Gasteiger partial charge in [-0.2, -0.15) is 5.10 Å². The maximum absolute atomic E-state index is 5.24. The molecule has 0 unspecified atom stereocenters. The number of aromatic amines is 1. The average molecular weight is 307 g/mol. The van der Waals surface area contributed by atoms with Crippen LogP contribution in [0.1, 0.15) is 0 Å². The van der Waals surface area contributed by atoms with E-state index in [1.54, 1.807) is 6.20 Å². The predicted molar refractivity (Wildman–Crippen MR) is 71.3 cm³/mol. The number of aromatic nitrogens is 4. The van der Waals surface area contributed by atoms with Gasteiger partial charge in [-0.3, -0.25) is 9.50 Å². The highest BCUT2D eigenvalue weighted by molar-refractivity contribution is 9.10. The number of nitrogens with zero attached hydrogens (tertiary/aromatic N) is 3. The third-order valence-corrected chi connectivity index (χ3v) is 3.31. The molecule has 1 N–H and O–H groups in total. The molecule has 0 aliphatic rings. The van der Waals surface area contributed by atoms with Crippen molar-refractivity contribution in [3.05, 3.63) is 45.9 Å². The van der Waals surface area contributed by atoms with E-state index >= 15 is 0 Å². The van der Waals surface area contributed by atoms with Gasteiger partial charge >= 0.3 is 0 Å². The number of H-pyrrole nitrogens is 1. The molecule has 0 amide bonds. The van der Waals surface area contributed by atoms with E-state index in [-0.39, 0.29) is 0 Å². The van der Waals surface area contributed by atoms with Crippen LogP contribution in [-0.2, 0) is 0 Å². The maximum atomic E-state index is 5.24. The molecule has 4 nitrogen and oxygen atoms in total. The minimum atomic E-state index is 0.527. The first-order valence-corrected chi connectivity index (χ1v) is 6.14. The summed E-state index contributed by atoms with van der Waals surface area (Å²) in [5, 5.41) is 6.72. The van der Waals surface area contributed by atoms with Gasteiger partial charge in [-0.1, -0.05) is 30.3 Å². The number of halogens is 1. The molecule has 1 aromatic carbocycles. The van der Waals surface area contributed by atoms with E-state index < -0.39 is 0 Å². The highest BCUT2D eigenvalue weighted by atomic mass is 79.9. The maximum Gasteiger partial charge on any atom is 0.200 e. The smallest absolute Gasteiger partial charge is 0.200 e. The van der Waals surface area contributed by atoms with Crippen molar-refractivity contribution in [3.63, 3.8) is 0 Å². The Kier molecular flexibility index (Phi) is 2.53. The fraction of sp³-hybridized carbons (Fsp3) is 0. The average Bonchev–Trinajstić information content (AvgIpc) is 2.70. The fourth-order valence-electron chi connectivity index (χ4n) is 1.70. The van der Waals surface area contributed by atoms with Crippen LogP contribution in [0.2, 0.25) is 0 Å². The first-order valence-electron chi connectivity index (χ1n) is 4.94. The van der Waals surface area contributed by atoms with Gasteiger partial charge in [0.1, 0.15) is 15.9 Å². The second kappa shape index (κ2) is 4.05. The molecule has 0 aliphatic carbocycles. The topological polar surface area (TPSA) is 46.0 Å². The third kappa shape index (κ3) is 1.69. The summed E-state index contributed by atoms with van der Waals surface area (Å²) in [7, 11) is 0. The summed E-state index contributed by atoms with van der Waals surface area (Å²) in [6.07, 6.45) is 1.69. The monoisotopic (exact) mass is 306 g/mol. The molecular weight excluding hydrogens is 300 g/mol. The molecule has 0 spiro atoms. The van der Waals surface area contributed by atoms with Crippen LogP contribution in [0.15, 0.2) is 41.1 Å². The summed E-state index contributed by atoms with van der Waals surface area (Å²) < 4.78 is 3.13. The Balaban J connectivity index is 2.43. The predicted octanol–water partition coefficient (Wildman–Crippen LogP) is 3.22. The van der Waals surface area contributed by atoms with Crippen molar-refractivity contribution in [2.45, 2.75) is 0 Å².